The minimum Gasteiger partial charge on any atom is -0.465 e. The number of hydrogen-bond donors (Lipinski definition) is 1. The van der Waals surface area contributed by atoms with Crippen LogP contribution >= 0.6 is 0 Å². The van der Waals surface area contributed by atoms with Gasteiger partial charge in [0.15, 0.2) is 0 Å². The number of halogens is 1. The topological polar surface area (TPSA) is 70.3 Å². The van der Waals surface area contributed by atoms with E-state index in [1.807, 2.05) is 24.3 Å². The Balaban J connectivity index is 1.40. The number of hydrogen-bond acceptors (Lipinski definition) is 4. The van der Waals surface area contributed by atoms with Gasteiger partial charge in [0.05, 0.1) is 23.8 Å². The first kappa shape index (κ1) is 22.1. The van der Waals surface area contributed by atoms with Gasteiger partial charge in [0.2, 0.25) is 0 Å². The van der Waals surface area contributed by atoms with E-state index >= 15 is 0 Å². The molecule has 0 heterocycles. The lowest BCUT2D eigenvalue weighted by atomic mass is 9.52. The quantitative estimate of drug-likeness (QED) is 0.647. The van der Waals surface area contributed by atoms with Crippen LogP contribution in [0.1, 0.15) is 77.6 Å². The van der Waals surface area contributed by atoms with Crippen molar-refractivity contribution in [1.82, 2.24) is 0 Å². The number of nitriles is 1. The van der Waals surface area contributed by atoms with E-state index in [1.54, 1.807) is 18.2 Å². The molecule has 33 heavy (non-hydrogen) atoms. The average molecular weight is 448 g/mol. The number of carbonyl (C=O) groups excluding carboxylic acids is 1. The number of fused-ring (bicyclic) bond motifs is 5. The average Bonchev–Trinajstić information content (AvgIpc) is 3.09. The smallest absolute Gasteiger partial charge is 0.337 e. The molecule has 0 amide bonds. The zero-order valence-electron chi connectivity index (χ0n) is 19.2. The van der Waals surface area contributed by atoms with Crippen LogP contribution in [0.5, 0.6) is 0 Å². The molecule has 1 N–H and O–H groups in total. The van der Waals surface area contributed by atoms with E-state index in [1.165, 1.54) is 7.11 Å². The van der Waals surface area contributed by atoms with Crippen molar-refractivity contribution in [3.8, 4) is 6.07 Å². The lowest BCUT2D eigenvalue weighted by Crippen LogP contribution is -2.52. The minimum absolute atomic E-state index is 0.140. The summed E-state index contributed by atoms with van der Waals surface area (Å²) in [4.78, 5) is 11.7. The molecule has 2 aromatic rings. The fourth-order valence-corrected chi connectivity index (χ4v) is 7.33. The van der Waals surface area contributed by atoms with Crippen molar-refractivity contribution in [1.29, 1.82) is 5.26 Å². The summed E-state index contributed by atoms with van der Waals surface area (Å²) in [7, 11) is 1.37. The molecule has 5 rings (SSSR count). The van der Waals surface area contributed by atoms with Gasteiger partial charge in [0.1, 0.15) is 11.9 Å². The number of carbonyl (C=O) groups is 1. The molecule has 5 heteroatoms. The molecule has 3 unspecified atom stereocenters. The number of rotatable bonds is 3. The number of methoxy groups -OCH3 is 1. The molecule has 172 valence electrons. The predicted molar refractivity (Wildman–Crippen MR) is 122 cm³/mol. The summed E-state index contributed by atoms with van der Waals surface area (Å²) in [5, 5.41) is 21.1. The van der Waals surface area contributed by atoms with Crippen LogP contribution in [0.15, 0.2) is 36.4 Å². The van der Waals surface area contributed by atoms with Crippen molar-refractivity contribution in [3.63, 3.8) is 0 Å². The molecule has 2 aromatic carbocycles. The Bertz CT molecular complexity index is 1140. The fraction of sp³-hybridized carbons (Fsp3) is 0.500. The summed E-state index contributed by atoms with van der Waals surface area (Å²) in [5.41, 5.74) is 2.49. The van der Waals surface area contributed by atoms with Crippen LogP contribution in [-0.4, -0.2) is 23.8 Å². The lowest BCUT2D eigenvalue weighted by Gasteiger charge is -2.53. The van der Waals surface area contributed by atoms with Gasteiger partial charge in [0.25, 0.3) is 0 Å². The van der Waals surface area contributed by atoms with Crippen molar-refractivity contribution >= 4 is 5.97 Å². The van der Waals surface area contributed by atoms with Crippen LogP contribution in [-0.2, 0) is 17.6 Å². The van der Waals surface area contributed by atoms with Crippen LogP contribution in [0.4, 0.5) is 4.39 Å². The van der Waals surface area contributed by atoms with Gasteiger partial charge in [-0.25, -0.2) is 9.18 Å². The Labute approximate surface area is 194 Å². The van der Waals surface area contributed by atoms with E-state index in [9.17, 15) is 19.6 Å². The Morgan fingerprint density at radius 2 is 1.94 bits per heavy atom. The number of ether oxygens (including phenoxy) is 1. The molecule has 3 aliphatic rings. The van der Waals surface area contributed by atoms with Crippen molar-refractivity contribution in [2.75, 3.05) is 7.11 Å². The third-order valence-electron chi connectivity index (χ3n) is 9.16. The van der Waals surface area contributed by atoms with E-state index in [0.29, 0.717) is 36.2 Å². The van der Waals surface area contributed by atoms with E-state index in [2.05, 4.69) is 6.92 Å². The first-order valence-corrected chi connectivity index (χ1v) is 11.9. The first-order valence-electron chi connectivity index (χ1n) is 11.9. The molecule has 0 saturated heterocycles. The summed E-state index contributed by atoms with van der Waals surface area (Å²) in [6.45, 7) is 2.25. The molecule has 0 spiro atoms. The Morgan fingerprint density at radius 1 is 1.18 bits per heavy atom. The third kappa shape index (κ3) is 3.30. The number of nitrogens with zero attached hydrogens (tertiary/aromatic N) is 1. The molecule has 4 nitrogen and oxygen atoms in total. The fourth-order valence-electron chi connectivity index (χ4n) is 7.33. The summed E-state index contributed by atoms with van der Waals surface area (Å²) >= 11 is 0. The van der Waals surface area contributed by atoms with Gasteiger partial charge in [0, 0.05) is 6.42 Å². The maximum atomic E-state index is 14.8. The number of benzene rings is 2. The maximum Gasteiger partial charge on any atom is 0.337 e. The molecule has 3 aliphatic carbocycles. The lowest BCUT2D eigenvalue weighted by molar-refractivity contribution is -0.102. The molecular formula is C28H30FNO3. The van der Waals surface area contributed by atoms with Gasteiger partial charge >= 0.3 is 5.97 Å². The Kier molecular flexibility index (Phi) is 5.33. The molecule has 0 bridgehead atoms. The number of aliphatic hydroxyl groups is 1. The van der Waals surface area contributed by atoms with Crippen LogP contribution in [0, 0.1) is 34.4 Å². The largest absolute Gasteiger partial charge is 0.465 e. The molecule has 0 radical (unpaired) electrons. The monoisotopic (exact) mass is 447 g/mol. The van der Waals surface area contributed by atoms with Crippen molar-refractivity contribution in [3.05, 3.63) is 70.0 Å². The van der Waals surface area contributed by atoms with Crippen molar-refractivity contribution in [2.45, 2.75) is 63.4 Å². The molecule has 2 saturated carbocycles. The molecule has 0 aromatic heterocycles. The highest BCUT2D eigenvalue weighted by Gasteiger charge is 2.61. The van der Waals surface area contributed by atoms with Crippen LogP contribution in [0.2, 0.25) is 0 Å². The van der Waals surface area contributed by atoms with Crippen LogP contribution in [0.3, 0.4) is 0 Å². The standard InChI is InChI=1S/C28H30FNO3/c1-27-13-11-21-20-8-7-19(16-30)25(29)23(20)10-9-22(21)24(27)12-14-28(27,32)15-17-3-5-18(6-4-17)26(31)33-2/h3-8,21-22,24,32H,9-15H2,1-2H3/t21?,22?,24?,27-,28+/m0/s1. The first-order chi connectivity index (χ1) is 15.8. The third-order valence-corrected chi connectivity index (χ3v) is 9.16. The summed E-state index contributed by atoms with van der Waals surface area (Å²) in [5.74, 6) is 0.431. The van der Waals surface area contributed by atoms with Gasteiger partial charge < -0.3 is 9.84 Å². The Hall–Kier alpha value is -2.71. The SMILES string of the molecule is COC(=O)c1ccc(C[C@]2(O)CCC3C4CCc5c(ccc(C#N)c5F)C4CC[C@@]32C)cc1. The minimum atomic E-state index is -0.800. The van der Waals surface area contributed by atoms with Crippen LogP contribution < -0.4 is 0 Å². The normalized spacial score (nSPS) is 32.3. The van der Waals surface area contributed by atoms with Gasteiger partial charge in [-0.2, -0.15) is 5.26 Å². The van der Waals surface area contributed by atoms with E-state index in [-0.39, 0.29) is 22.8 Å². The zero-order valence-corrected chi connectivity index (χ0v) is 19.2. The van der Waals surface area contributed by atoms with Crippen molar-refractivity contribution in [2.24, 2.45) is 17.3 Å². The van der Waals surface area contributed by atoms with Gasteiger partial charge in [-0.1, -0.05) is 25.1 Å². The second kappa shape index (κ2) is 7.95. The van der Waals surface area contributed by atoms with Gasteiger partial charge in [-0.05, 0) is 96.6 Å². The zero-order chi connectivity index (χ0) is 23.4. The predicted octanol–water partition coefficient (Wildman–Crippen LogP) is 5.31. The van der Waals surface area contributed by atoms with E-state index < -0.39 is 5.60 Å². The second-order valence-electron chi connectivity index (χ2n) is 10.4. The van der Waals surface area contributed by atoms with Crippen molar-refractivity contribution < 1.29 is 19.0 Å². The maximum absolute atomic E-state index is 14.8. The summed E-state index contributed by atoms with van der Waals surface area (Å²) < 4.78 is 19.6. The second-order valence-corrected chi connectivity index (χ2v) is 10.4. The molecule has 0 aliphatic heterocycles. The highest BCUT2D eigenvalue weighted by molar-refractivity contribution is 5.89. The van der Waals surface area contributed by atoms with Crippen LogP contribution in [0.25, 0.3) is 0 Å². The summed E-state index contributed by atoms with van der Waals surface area (Å²) in [6, 6.07) is 12.9. The van der Waals surface area contributed by atoms with E-state index in [4.69, 9.17) is 4.74 Å². The van der Waals surface area contributed by atoms with Gasteiger partial charge in [-0.3, -0.25) is 0 Å². The van der Waals surface area contributed by atoms with Gasteiger partial charge in [-0.15, -0.1) is 0 Å². The Morgan fingerprint density at radius 3 is 2.64 bits per heavy atom. The highest BCUT2D eigenvalue weighted by atomic mass is 19.1. The van der Waals surface area contributed by atoms with E-state index in [0.717, 1.165) is 48.8 Å². The highest BCUT2D eigenvalue weighted by Crippen LogP contribution is 2.65. The molecule has 2 fully saturated rings. The number of esters is 1. The summed E-state index contributed by atoms with van der Waals surface area (Å²) in [6.07, 6.45) is 5.70. The molecular weight excluding hydrogens is 417 g/mol. The molecule has 5 atom stereocenters.